The van der Waals surface area contributed by atoms with Gasteiger partial charge in [-0.15, -0.1) is 0 Å². The molecule has 0 spiro atoms. The van der Waals surface area contributed by atoms with Gasteiger partial charge in [0.1, 0.15) is 17.4 Å². The topological polar surface area (TPSA) is 147 Å². The Morgan fingerprint density at radius 3 is 1.48 bits per heavy atom. The van der Waals surface area contributed by atoms with E-state index in [1.54, 1.807) is 30.5 Å². The molecule has 6 unspecified atom stereocenters. The van der Waals surface area contributed by atoms with Crippen LogP contribution in [0.3, 0.4) is 0 Å². The molecule has 10 atom stereocenters. The summed E-state index contributed by atoms with van der Waals surface area (Å²) in [5.41, 5.74) is 15.4. The zero-order valence-electron chi connectivity index (χ0n) is 43.8. The van der Waals surface area contributed by atoms with Crippen molar-refractivity contribution in [1.29, 1.82) is 0 Å². The number of pyridine rings is 4. The van der Waals surface area contributed by atoms with Gasteiger partial charge in [-0.05, 0) is 219 Å². The van der Waals surface area contributed by atoms with Gasteiger partial charge in [0.2, 0.25) is 5.24 Å². The molecule has 14 rings (SSSR count). The number of nitrogens with two attached hydrogens (primary N) is 1. The molecular weight excluding hydrogens is 988 g/mol. The average molecular weight is 1050 g/mol. The highest BCUT2D eigenvalue weighted by atomic mass is 35.5. The molecule has 8 aromatic rings. The molecule has 77 heavy (non-hydrogen) atoms. The third kappa shape index (κ3) is 11.2. The van der Waals surface area contributed by atoms with E-state index in [9.17, 15) is 18.4 Å². The fraction of sp³-hybridized carbons (Fsp3) is 0.429. The molecule has 0 saturated heterocycles. The van der Waals surface area contributed by atoms with Crippen LogP contribution in [0, 0.1) is 59.0 Å². The Morgan fingerprint density at radius 1 is 0.584 bits per heavy atom. The quantitative estimate of drug-likeness (QED) is 0.118. The molecule has 2 aromatic carbocycles. The minimum absolute atomic E-state index is 0.0356. The number of anilines is 1. The maximum absolute atomic E-state index is 14.0. The third-order valence-corrected chi connectivity index (χ3v) is 18.7. The van der Waals surface area contributed by atoms with Crippen LogP contribution in [0.1, 0.15) is 132 Å². The molecule has 6 fully saturated rings. The van der Waals surface area contributed by atoms with Gasteiger partial charge < -0.3 is 5.73 Å². The second-order valence-corrected chi connectivity index (χ2v) is 23.8. The number of carbonyl (C=O) groups is 2. The fourth-order valence-corrected chi connectivity index (χ4v) is 13.9. The molecule has 0 radical (unpaired) electrons. The molecule has 6 aliphatic carbocycles. The van der Waals surface area contributed by atoms with Gasteiger partial charge in [-0.25, -0.2) is 8.78 Å². The van der Waals surface area contributed by atoms with Gasteiger partial charge in [0, 0.05) is 71.1 Å². The first-order chi connectivity index (χ1) is 37.4. The van der Waals surface area contributed by atoms with E-state index in [4.69, 9.17) is 17.3 Å². The third-order valence-electron chi connectivity index (χ3n) is 18.4. The summed E-state index contributed by atoms with van der Waals surface area (Å²) in [5, 5.41) is 10.5. The molecule has 6 aromatic heterocycles. The van der Waals surface area contributed by atoms with Crippen LogP contribution in [0.15, 0.2) is 122 Å². The smallest absolute Gasteiger partial charge is 0.224 e. The summed E-state index contributed by atoms with van der Waals surface area (Å²) in [6, 6.07) is 22.9. The first kappa shape index (κ1) is 51.1. The zero-order chi connectivity index (χ0) is 52.9. The number of Topliss-reactive ketones (excluding diaryl/α,β-unsaturated/α-hetero) is 1. The van der Waals surface area contributed by atoms with Gasteiger partial charge in [0.25, 0.3) is 0 Å². The number of hydrogen-bond donors (Lipinski definition) is 1. The lowest BCUT2D eigenvalue weighted by atomic mass is 9.83. The summed E-state index contributed by atoms with van der Waals surface area (Å²) < 4.78 is 31.7. The number of benzene rings is 2. The molecule has 6 heterocycles. The van der Waals surface area contributed by atoms with E-state index in [1.807, 2.05) is 71.5 Å². The van der Waals surface area contributed by atoms with E-state index < -0.39 is 0 Å². The molecule has 6 aliphatic rings. The molecule has 396 valence electrons. The normalized spacial score (nSPS) is 25.1. The lowest BCUT2D eigenvalue weighted by molar-refractivity contribution is -0.123. The van der Waals surface area contributed by atoms with Gasteiger partial charge >= 0.3 is 0 Å². The summed E-state index contributed by atoms with van der Waals surface area (Å²) in [4.78, 5) is 42.4. The van der Waals surface area contributed by atoms with Gasteiger partial charge in [-0.1, -0.05) is 19.9 Å². The lowest BCUT2D eigenvalue weighted by Crippen LogP contribution is -2.21. The van der Waals surface area contributed by atoms with Crippen molar-refractivity contribution in [2.24, 2.45) is 47.3 Å². The Labute approximate surface area is 453 Å². The van der Waals surface area contributed by atoms with Crippen LogP contribution < -0.4 is 5.73 Å². The lowest BCUT2D eigenvalue weighted by Gasteiger charge is -2.21. The van der Waals surface area contributed by atoms with E-state index in [1.165, 1.54) is 48.9 Å². The van der Waals surface area contributed by atoms with Crippen LogP contribution in [-0.2, 0) is 16.0 Å². The van der Waals surface area contributed by atoms with Crippen LogP contribution in [0.4, 0.5) is 14.5 Å². The van der Waals surface area contributed by atoms with Crippen LogP contribution in [0.25, 0.3) is 44.3 Å². The van der Waals surface area contributed by atoms with Crippen molar-refractivity contribution in [2.75, 3.05) is 5.73 Å². The monoisotopic (exact) mass is 1050 g/mol. The largest absolute Gasteiger partial charge is 0.397 e. The number of nitrogens with zero attached hydrogens (tertiary/aromatic N) is 8. The number of rotatable bonds is 12. The van der Waals surface area contributed by atoms with Crippen molar-refractivity contribution in [3.05, 3.63) is 151 Å². The summed E-state index contributed by atoms with van der Waals surface area (Å²) in [6.07, 6.45) is 29.4. The van der Waals surface area contributed by atoms with E-state index >= 15 is 0 Å². The summed E-state index contributed by atoms with van der Waals surface area (Å²) in [6.45, 7) is 4.08. The fourth-order valence-electron chi connectivity index (χ4n) is 13.7. The second kappa shape index (κ2) is 21.6. The van der Waals surface area contributed by atoms with Gasteiger partial charge in [-0.3, -0.25) is 38.9 Å². The minimum atomic E-state index is -0.204. The van der Waals surface area contributed by atoms with Gasteiger partial charge in [0.15, 0.2) is 0 Å². The predicted octanol–water partition coefficient (Wildman–Crippen LogP) is 14.1. The number of hydrogen-bond acceptors (Lipinski definition) is 9. The van der Waals surface area contributed by atoms with Gasteiger partial charge in [-0.2, -0.15) is 10.2 Å². The second-order valence-electron chi connectivity index (χ2n) is 23.4. The van der Waals surface area contributed by atoms with Crippen LogP contribution in [-0.4, -0.2) is 50.5 Å². The Kier molecular flexibility index (Phi) is 14.3. The predicted molar refractivity (Wildman–Crippen MR) is 297 cm³/mol. The van der Waals surface area contributed by atoms with Crippen molar-refractivity contribution in [3.63, 3.8) is 0 Å². The van der Waals surface area contributed by atoms with Crippen molar-refractivity contribution in [3.8, 4) is 22.5 Å². The summed E-state index contributed by atoms with van der Waals surface area (Å²) in [5.74, 6) is 4.35. The first-order valence-electron chi connectivity index (χ1n) is 27.9. The molecule has 0 aliphatic heterocycles. The number of nitrogen functional groups attached to an aromatic ring is 1. The molecule has 0 amide bonds. The Balaban J connectivity index is 0.000000129. The summed E-state index contributed by atoms with van der Waals surface area (Å²) in [7, 11) is 0. The van der Waals surface area contributed by atoms with Crippen molar-refractivity contribution in [2.45, 2.75) is 121 Å². The van der Waals surface area contributed by atoms with E-state index in [-0.39, 0.29) is 28.7 Å². The first-order valence-corrected chi connectivity index (χ1v) is 28.3. The highest BCUT2D eigenvalue weighted by molar-refractivity contribution is 6.63. The minimum Gasteiger partial charge on any atom is -0.397 e. The van der Waals surface area contributed by atoms with Crippen LogP contribution >= 0.6 is 11.6 Å². The van der Waals surface area contributed by atoms with Crippen molar-refractivity contribution < 1.29 is 18.4 Å². The van der Waals surface area contributed by atoms with E-state index in [0.717, 1.165) is 101 Å². The van der Waals surface area contributed by atoms with Crippen molar-refractivity contribution >= 4 is 50.1 Å². The maximum Gasteiger partial charge on any atom is 0.224 e. The van der Waals surface area contributed by atoms with Gasteiger partial charge in [0.05, 0.1) is 58.8 Å². The Hall–Kier alpha value is -6.73. The number of ketones is 1. The standard InChI is InChI=1S/C32H33FN4O.C20H21ClFNO.C11H12N4/c1-19(32(38)10-20-2-6-30(35-16-20)25-17-36-37(18-25)27-4-5-27)21-11-22-13-24(14-23(22)12-21)28-8-9-34-31-7-3-26(33)15-29(28)31;1-11(20(21)24)12-6-13-8-15(9-14(13)7-12)17-4-5-23-19-3-2-16(22)10-18(17)19;12-9-1-4-11(13-6-9)8-5-14-15(7-8)10-2-3-10/h2-3,6-9,15-19,21-24,27H,4-5,10-14H2,1H3;2-5,10-15H,6-9H2,1H3;1,4-7,10H,2-3,12H2/t19?,21?,22-,23+,24?;11?,12?,13-,14+,15?;. The highest BCUT2D eigenvalue weighted by Crippen LogP contribution is 2.56. The molecule has 6 saturated carbocycles. The SMILES string of the molecule is CC(C(=O)Cc1ccc(-c2cnn(C3CC3)c2)nc1)C1C[C@H]2CC(c3ccnc4ccc(F)cc34)C[C@H]2C1.CC(C(=O)Cl)C1C[C@H]2CC(c3ccnc4ccc(F)cc34)C[C@H]2C1.Nc1ccc(-c2cnn(C3CC3)c2)nc1. The molecule has 14 heteroatoms. The molecular formula is C63H66ClF2N9O2. The molecule has 2 N–H and O–H groups in total. The molecule has 11 nitrogen and oxygen atoms in total. The average Bonchev–Trinajstić information content (AvgIpc) is 4.04. The Bertz CT molecular complexity index is 3400. The van der Waals surface area contributed by atoms with Crippen LogP contribution in [0.5, 0.6) is 0 Å². The number of halogens is 3. The number of fused-ring (bicyclic) bond motifs is 4. The molecule has 0 bridgehead atoms. The maximum atomic E-state index is 14.0. The van der Waals surface area contributed by atoms with E-state index in [0.29, 0.717) is 77.3 Å². The number of carbonyl (C=O) groups excluding carboxylic acids is 2. The van der Waals surface area contributed by atoms with Crippen LogP contribution in [0.2, 0.25) is 0 Å². The Morgan fingerprint density at radius 2 is 1.05 bits per heavy atom. The number of aromatic nitrogens is 8. The van der Waals surface area contributed by atoms with Crippen molar-refractivity contribution in [1.82, 2.24) is 39.5 Å². The summed E-state index contributed by atoms with van der Waals surface area (Å²) >= 11 is 5.69. The zero-order valence-corrected chi connectivity index (χ0v) is 44.5. The van der Waals surface area contributed by atoms with E-state index in [2.05, 4.69) is 61.6 Å². The highest BCUT2D eigenvalue weighted by Gasteiger charge is 2.46.